The van der Waals surface area contributed by atoms with Crippen LogP contribution >= 0.6 is 0 Å². The van der Waals surface area contributed by atoms with Gasteiger partial charge in [-0.15, -0.1) is 0 Å². The van der Waals surface area contributed by atoms with Crippen molar-refractivity contribution >= 4 is 0 Å². The maximum absolute atomic E-state index is 5.67. The van der Waals surface area contributed by atoms with Gasteiger partial charge in [-0.05, 0) is 41.5 Å². The van der Waals surface area contributed by atoms with Gasteiger partial charge < -0.3 is 10.5 Å². The van der Waals surface area contributed by atoms with E-state index in [0.29, 0.717) is 0 Å². The molecule has 1 aliphatic rings. The Morgan fingerprint density at radius 2 is 2.12 bits per heavy atom. The molecule has 0 atom stereocenters. The van der Waals surface area contributed by atoms with E-state index >= 15 is 0 Å². The molecule has 1 aliphatic heterocycles. The van der Waals surface area contributed by atoms with E-state index in [1.54, 1.807) is 0 Å². The largest absolute Gasteiger partial charge is 0.376 e. The highest BCUT2D eigenvalue weighted by Crippen LogP contribution is 2.29. The van der Waals surface area contributed by atoms with Crippen LogP contribution in [0.1, 0.15) is 37.0 Å². The number of rotatable bonds is 3. The van der Waals surface area contributed by atoms with Crippen LogP contribution in [0.25, 0.3) is 0 Å². The molecule has 0 saturated heterocycles. The van der Waals surface area contributed by atoms with Crippen molar-refractivity contribution in [1.82, 2.24) is 0 Å². The van der Waals surface area contributed by atoms with Crippen molar-refractivity contribution in [2.24, 2.45) is 5.73 Å². The molecule has 16 heavy (non-hydrogen) atoms. The molecule has 0 amide bonds. The molecule has 1 heterocycles. The Hall–Kier alpha value is -0.860. The van der Waals surface area contributed by atoms with Crippen molar-refractivity contribution in [3.05, 3.63) is 34.9 Å². The van der Waals surface area contributed by atoms with Crippen LogP contribution in [0.15, 0.2) is 18.2 Å². The van der Waals surface area contributed by atoms with Gasteiger partial charge in [0.15, 0.2) is 0 Å². The van der Waals surface area contributed by atoms with Gasteiger partial charge in [-0.25, -0.2) is 0 Å². The molecule has 0 aliphatic carbocycles. The maximum Gasteiger partial charge on any atom is 0.0719 e. The Morgan fingerprint density at radius 1 is 1.31 bits per heavy atom. The summed E-state index contributed by atoms with van der Waals surface area (Å²) in [7, 11) is 0. The van der Waals surface area contributed by atoms with Crippen molar-refractivity contribution < 1.29 is 4.74 Å². The molecule has 0 unspecified atom stereocenters. The number of fused-ring (bicyclic) bond motifs is 1. The quantitative estimate of drug-likeness (QED) is 0.847. The molecule has 0 spiro atoms. The fourth-order valence-corrected chi connectivity index (χ4v) is 2.29. The average Bonchev–Trinajstić information content (AvgIpc) is 2.28. The van der Waals surface area contributed by atoms with Gasteiger partial charge in [0.2, 0.25) is 0 Å². The first-order valence-electron chi connectivity index (χ1n) is 6.03. The minimum atomic E-state index is 0.183. The van der Waals surface area contributed by atoms with Gasteiger partial charge in [0, 0.05) is 0 Å². The zero-order valence-corrected chi connectivity index (χ0v) is 10.3. The third-order valence-corrected chi connectivity index (χ3v) is 3.53. The van der Waals surface area contributed by atoms with Crippen molar-refractivity contribution in [3.63, 3.8) is 0 Å². The predicted octanol–water partition coefficient (Wildman–Crippen LogP) is 2.39. The van der Waals surface area contributed by atoms with Gasteiger partial charge in [-0.2, -0.15) is 0 Å². The minimum Gasteiger partial charge on any atom is -0.376 e. The summed E-state index contributed by atoms with van der Waals surface area (Å²) >= 11 is 0. The van der Waals surface area contributed by atoms with Gasteiger partial charge in [-0.3, -0.25) is 0 Å². The lowest BCUT2D eigenvalue weighted by molar-refractivity contribution is 0.110. The molecule has 0 fully saturated rings. The lowest BCUT2D eigenvalue weighted by Crippen LogP contribution is -2.22. The Balaban J connectivity index is 2.29. The van der Waals surface area contributed by atoms with Gasteiger partial charge >= 0.3 is 0 Å². The Bertz CT molecular complexity index is 371. The highest BCUT2D eigenvalue weighted by molar-refractivity contribution is 5.36. The summed E-state index contributed by atoms with van der Waals surface area (Å²) < 4.78 is 5.45. The molecular weight excluding hydrogens is 198 g/mol. The van der Waals surface area contributed by atoms with Crippen molar-refractivity contribution in [2.45, 2.75) is 38.7 Å². The minimum absolute atomic E-state index is 0.183. The van der Waals surface area contributed by atoms with E-state index in [1.165, 1.54) is 16.7 Å². The standard InChI is InChI=1S/C14H21NO/c1-14(2,6-7-15)13-4-3-12-10-16-8-5-11(12)9-13/h3-4,9H,5-8,10,15H2,1-2H3. The number of benzene rings is 1. The van der Waals surface area contributed by atoms with E-state index in [0.717, 1.165) is 32.6 Å². The molecule has 2 N–H and O–H groups in total. The topological polar surface area (TPSA) is 35.2 Å². The summed E-state index contributed by atoms with van der Waals surface area (Å²) in [5, 5.41) is 0. The monoisotopic (exact) mass is 219 g/mol. The lowest BCUT2D eigenvalue weighted by Gasteiger charge is -2.27. The fourth-order valence-electron chi connectivity index (χ4n) is 2.29. The first-order valence-corrected chi connectivity index (χ1v) is 6.03. The van der Waals surface area contributed by atoms with Crippen LogP contribution in [0.4, 0.5) is 0 Å². The highest BCUT2D eigenvalue weighted by Gasteiger charge is 2.21. The molecule has 0 saturated carbocycles. The van der Waals surface area contributed by atoms with E-state index in [1.807, 2.05) is 0 Å². The van der Waals surface area contributed by atoms with Gasteiger partial charge in [0.05, 0.1) is 13.2 Å². The first-order chi connectivity index (χ1) is 7.63. The second-order valence-corrected chi connectivity index (χ2v) is 5.21. The van der Waals surface area contributed by atoms with Crippen LogP contribution in [-0.2, 0) is 23.2 Å². The first kappa shape index (κ1) is 11.6. The molecule has 2 heteroatoms. The summed E-state index contributed by atoms with van der Waals surface area (Å²) in [4.78, 5) is 0. The van der Waals surface area contributed by atoms with Crippen molar-refractivity contribution in [1.29, 1.82) is 0 Å². The summed E-state index contributed by atoms with van der Waals surface area (Å²) in [6.45, 7) is 6.90. The van der Waals surface area contributed by atoms with E-state index < -0.39 is 0 Å². The average molecular weight is 219 g/mol. The number of nitrogens with two attached hydrogens (primary N) is 1. The number of hydrogen-bond acceptors (Lipinski definition) is 2. The molecule has 2 rings (SSSR count). The van der Waals surface area contributed by atoms with Crippen LogP contribution < -0.4 is 5.73 Å². The Labute approximate surface area is 97.8 Å². The van der Waals surface area contributed by atoms with Gasteiger partial charge in [0.25, 0.3) is 0 Å². The van der Waals surface area contributed by atoms with Crippen LogP contribution in [-0.4, -0.2) is 13.2 Å². The normalized spacial score (nSPS) is 15.9. The van der Waals surface area contributed by atoms with Gasteiger partial charge in [0.1, 0.15) is 0 Å². The number of hydrogen-bond donors (Lipinski definition) is 1. The predicted molar refractivity (Wildman–Crippen MR) is 66.5 cm³/mol. The molecular formula is C14H21NO. The second kappa shape index (κ2) is 4.56. The Morgan fingerprint density at radius 3 is 2.88 bits per heavy atom. The fraction of sp³-hybridized carbons (Fsp3) is 0.571. The third-order valence-electron chi connectivity index (χ3n) is 3.53. The summed E-state index contributed by atoms with van der Waals surface area (Å²) in [6, 6.07) is 6.78. The van der Waals surface area contributed by atoms with Crippen LogP contribution in [0, 0.1) is 0 Å². The Kier molecular flexibility index (Phi) is 3.31. The van der Waals surface area contributed by atoms with E-state index in [9.17, 15) is 0 Å². The number of ether oxygens (including phenoxy) is 1. The molecule has 88 valence electrons. The zero-order chi connectivity index (χ0) is 11.6. The summed E-state index contributed by atoms with van der Waals surface area (Å²) in [6.07, 6.45) is 2.07. The maximum atomic E-state index is 5.67. The van der Waals surface area contributed by atoms with Gasteiger partial charge in [-0.1, -0.05) is 32.0 Å². The summed E-state index contributed by atoms with van der Waals surface area (Å²) in [5.74, 6) is 0. The summed E-state index contributed by atoms with van der Waals surface area (Å²) in [5.41, 5.74) is 10.1. The molecule has 2 nitrogen and oxygen atoms in total. The molecule has 0 radical (unpaired) electrons. The lowest BCUT2D eigenvalue weighted by atomic mass is 9.80. The zero-order valence-electron chi connectivity index (χ0n) is 10.3. The van der Waals surface area contributed by atoms with E-state index in [2.05, 4.69) is 32.0 Å². The SMILES string of the molecule is CC(C)(CCN)c1ccc2c(c1)CCOC2. The third kappa shape index (κ3) is 2.28. The molecule has 0 bridgehead atoms. The van der Waals surface area contributed by atoms with Crippen molar-refractivity contribution in [2.75, 3.05) is 13.2 Å². The molecule has 1 aromatic carbocycles. The van der Waals surface area contributed by atoms with E-state index in [4.69, 9.17) is 10.5 Å². The second-order valence-electron chi connectivity index (χ2n) is 5.21. The van der Waals surface area contributed by atoms with Crippen molar-refractivity contribution in [3.8, 4) is 0 Å². The van der Waals surface area contributed by atoms with Crippen LogP contribution in [0.3, 0.4) is 0 Å². The van der Waals surface area contributed by atoms with E-state index in [-0.39, 0.29) is 5.41 Å². The smallest absolute Gasteiger partial charge is 0.0719 e. The molecule has 1 aromatic rings. The van der Waals surface area contributed by atoms with Crippen LogP contribution in [0.2, 0.25) is 0 Å². The highest BCUT2D eigenvalue weighted by atomic mass is 16.5. The van der Waals surface area contributed by atoms with Crippen LogP contribution in [0.5, 0.6) is 0 Å². The molecule has 0 aromatic heterocycles.